The molecule has 0 aliphatic rings. The number of nitrogens with one attached hydrogen (secondary N) is 1. The standard InChI is InChI=1S/C17H16BrN3/c1-11-5-6-13(18)9-16(11)17(21-19)15-4-2-3-12-10-20-8-7-14(12)15/h2-10,17,21H,19H2,1H3. The van der Waals surface area contributed by atoms with Crippen LogP contribution in [0.1, 0.15) is 22.7 Å². The molecule has 1 unspecified atom stereocenters. The first kappa shape index (κ1) is 14.2. The van der Waals surface area contributed by atoms with E-state index in [1.807, 2.05) is 30.6 Å². The monoisotopic (exact) mass is 341 g/mol. The van der Waals surface area contributed by atoms with Crippen molar-refractivity contribution >= 4 is 26.7 Å². The highest BCUT2D eigenvalue weighted by atomic mass is 79.9. The fourth-order valence-corrected chi connectivity index (χ4v) is 3.05. The molecule has 0 spiro atoms. The first-order valence-corrected chi connectivity index (χ1v) is 7.55. The smallest absolute Gasteiger partial charge is 0.0719 e. The molecule has 21 heavy (non-hydrogen) atoms. The van der Waals surface area contributed by atoms with E-state index in [2.05, 4.69) is 57.5 Å². The number of aryl methyl sites for hydroxylation is 1. The Morgan fingerprint density at radius 3 is 2.81 bits per heavy atom. The maximum absolute atomic E-state index is 5.87. The normalized spacial score (nSPS) is 12.5. The number of nitrogens with two attached hydrogens (primary N) is 1. The van der Waals surface area contributed by atoms with E-state index in [0.29, 0.717) is 0 Å². The number of halogens is 1. The molecule has 0 fully saturated rings. The zero-order valence-electron chi connectivity index (χ0n) is 11.7. The average molecular weight is 342 g/mol. The summed E-state index contributed by atoms with van der Waals surface area (Å²) in [6, 6.07) is 14.4. The first-order chi connectivity index (χ1) is 10.2. The molecule has 0 saturated heterocycles. The Labute approximate surface area is 132 Å². The van der Waals surface area contributed by atoms with Gasteiger partial charge < -0.3 is 0 Å². The van der Waals surface area contributed by atoms with Gasteiger partial charge >= 0.3 is 0 Å². The van der Waals surface area contributed by atoms with Crippen LogP contribution in [0, 0.1) is 6.92 Å². The molecular weight excluding hydrogens is 326 g/mol. The van der Waals surface area contributed by atoms with Crippen LogP contribution in [-0.2, 0) is 0 Å². The van der Waals surface area contributed by atoms with Crippen molar-refractivity contribution in [3.63, 3.8) is 0 Å². The number of fused-ring (bicyclic) bond motifs is 1. The summed E-state index contributed by atoms with van der Waals surface area (Å²) in [5.41, 5.74) is 6.47. The van der Waals surface area contributed by atoms with Gasteiger partial charge in [0.25, 0.3) is 0 Å². The lowest BCUT2D eigenvalue weighted by Gasteiger charge is -2.21. The summed E-state index contributed by atoms with van der Waals surface area (Å²) in [7, 11) is 0. The minimum Gasteiger partial charge on any atom is -0.271 e. The Balaban J connectivity index is 2.21. The molecule has 0 aliphatic carbocycles. The van der Waals surface area contributed by atoms with Crippen molar-refractivity contribution in [2.75, 3.05) is 0 Å². The van der Waals surface area contributed by atoms with Gasteiger partial charge in [-0.05, 0) is 47.2 Å². The molecule has 0 saturated carbocycles. The minimum atomic E-state index is -0.0615. The number of hydrogen-bond donors (Lipinski definition) is 2. The summed E-state index contributed by atoms with van der Waals surface area (Å²) in [5.74, 6) is 5.87. The van der Waals surface area contributed by atoms with Crippen LogP contribution in [0.2, 0.25) is 0 Å². The van der Waals surface area contributed by atoms with Gasteiger partial charge in [-0.25, -0.2) is 5.43 Å². The Bertz CT molecular complexity index is 781. The fourth-order valence-electron chi connectivity index (χ4n) is 2.67. The van der Waals surface area contributed by atoms with Crippen LogP contribution in [0.3, 0.4) is 0 Å². The lowest BCUT2D eigenvalue weighted by atomic mass is 9.92. The molecule has 0 radical (unpaired) electrons. The summed E-state index contributed by atoms with van der Waals surface area (Å²) in [6.45, 7) is 2.10. The summed E-state index contributed by atoms with van der Waals surface area (Å²) >= 11 is 3.54. The van der Waals surface area contributed by atoms with Crippen molar-refractivity contribution in [3.8, 4) is 0 Å². The van der Waals surface area contributed by atoms with Crippen molar-refractivity contribution in [2.24, 2.45) is 5.84 Å². The summed E-state index contributed by atoms with van der Waals surface area (Å²) in [5, 5.41) is 2.28. The predicted molar refractivity (Wildman–Crippen MR) is 89.8 cm³/mol. The van der Waals surface area contributed by atoms with Crippen molar-refractivity contribution < 1.29 is 0 Å². The molecule has 3 aromatic rings. The molecule has 1 heterocycles. The second-order valence-corrected chi connectivity index (χ2v) is 5.96. The number of pyridine rings is 1. The number of aromatic nitrogens is 1. The minimum absolute atomic E-state index is 0.0615. The average Bonchev–Trinajstić information content (AvgIpc) is 2.51. The highest BCUT2D eigenvalue weighted by Gasteiger charge is 2.17. The van der Waals surface area contributed by atoms with E-state index in [4.69, 9.17) is 5.84 Å². The van der Waals surface area contributed by atoms with Gasteiger partial charge in [-0.3, -0.25) is 10.8 Å². The highest BCUT2D eigenvalue weighted by molar-refractivity contribution is 9.10. The summed E-state index contributed by atoms with van der Waals surface area (Å²) < 4.78 is 1.05. The lowest BCUT2D eigenvalue weighted by Crippen LogP contribution is -2.29. The third-order valence-corrected chi connectivity index (χ3v) is 4.24. The second kappa shape index (κ2) is 5.93. The molecular formula is C17H16BrN3. The molecule has 2 aromatic carbocycles. The van der Waals surface area contributed by atoms with Gasteiger partial charge in [0, 0.05) is 22.3 Å². The van der Waals surface area contributed by atoms with Crippen molar-refractivity contribution in [2.45, 2.75) is 13.0 Å². The van der Waals surface area contributed by atoms with Gasteiger partial charge in [-0.15, -0.1) is 0 Å². The number of rotatable bonds is 3. The molecule has 0 amide bonds. The highest BCUT2D eigenvalue weighted by Crippen LogP contribution is 2.31. The van der Waals surface area contributed by atoms with Gasteiger partial charge in [-0.1, -0.05) is 40.2 Å². The van der Waals surface area contributed by atoms with E-state index >= 15 is 0 Å². The number of hydrogen-bond acceptors (Lipinski definition) is 3. The van der Waals surface area contributed by atoms with E-state index in [1.165, 1.54) is 5.56 Å². The van der Waals surface area contributed by atoms with Crippen LogP contribution in [-0.4, -0.2) is 4.98 Å². The molecule has 4 heteroatoms. The van der Waals surface area contributed by atoms with Crippen LogP contribution in [0.25, 0.3) is 10.8 Å². The summed E-state index contributed by atoms with van der Waals surface area (Å²) in [4.78, 5) is 4.18. The van der Waals surface area contributed by atoms with Gasteiger partial charge in [0.05, 0.1) is 6.04 Å². The maximum Gasteiger partial charge on any atom is 0.0719 e. The summed E-state index contributed by atoms with van der Waals surface area (Å²) in [6.07, 6.45) is 3.69. The van der Waals surface area contributed by atoms with E-state index in [0.717, 1.165) is 26.4 Å². The SMILES string of the molecule is Cc1ccc(Br)cc1C(NN)c1cccc2cnccc12. The number of benzene rings is 2. The largest absolute Gasteiger partial charge is 0.271 e. The quantitative estimate of drug-likeness (QED) is 0.561. The van der Waals surface area contributed by atoms with E-state index in [-0.39, 0.29) is 6.04 Å². The first-order valence-electron chi connectivity index (χ1n) is 6.75. The van der Waals surface area contributed by atoms with E-state index in [1.54, 1.807) is 0 Å². The van der Waals surface area contributed by atoms with Crippen molar-refractivity contribution in [1.82, 2.24) is 10.4 Å². The van der Waals surface area contributed by atoms with Crippen LogP contribution in [0.4, 0.5) is 0 Å². The van der Waals surface area contributed by atoms with Crippen LogP contribution in [0.15, 0.2) is 59.3 Å². The molecule has 3 nitrogen and oxygen atoms in total. The fraction of sp³-hybridized carbons (Fsp3) is 0.118. The van der Waals surface area contributed by atoms with Crippen LogP contribution < -0.4 is 11.3 Å². The number of hydrazine groups is 1. The predicted octanol–water partition coefficient (Wildman–Crippen LogP) is 3.86. The van der Waals surface area contributed by atoms with Crippen LogP contribution >= 0.6 is 15.9 Å². The zero-order chi connectivity index (χ0) is 14.8. The van der Waals surface area contributed by atoms with Crippen molar-refractivity contribution in [1.29, 1.82) is 0 Å². The Kier molecular flexibility index (Phi) is 4.01. The van der Waals surface area contributed by atoms with Crippen molar-refractivity contribution in [3.05, 3.63) is 76.0 Å². The van der Waals surface area contributed by atoms with Gasteiger partial charge in [0.15, 0.2) is 0 Å². The molecule has 0 aliphatic heterocycles. The Hall–Kier alpha value is -1.75. The molecule has 1 aromatic heterocycles. The third-order valence-electron chi connectivity index (χ3n) is 3.74. The van der Waals surface area contributed by atoms with E-state index in [9.17, 15) is 0 Å². The lowest BCUT2D eigenvalue weighted by molar-refractivity contribution is 0.637. The van der Waals surface area contributed by atoms with Crippen LogP contribution in [0.5, 0.6) is 0 Å². The topological polar surface area (TPSA) is 50.9 Å². The molecule has 106 valence electrons. The van der Waals surface area contributed by atoms with Gasteiger partial charge in [0.2, 0.25) is 0 Å². The van der Waals surface area contributed by atoms with E-state index < -0.39 is 0 Å². The molecule has 3 rings (SSSR count). The van der Waals surface area contributed by atoms with Gasteiger partial charge in [-0.2, -0.15) is 0 Å². The van der Waals surface area contributed by atoms with Gasteiger partial charge in [0.1, 0.15) is 0 Å². The third kappa shape index (κ3) is 2.70. The zero-order valence-corrected chi connectivity index (χ0v) is 13.3. The maximum atomic E-state index is 5.87. The Morgan fingerprint density at radius 1 is 1.14 bits per heavy atom. The second-order valence-electron chi connectivity index (χ2n) is 5.04. The molecule has 0 bridgehead atoms. The number of nitrogens with zero attached hydrogens (tertiary/aromatic N) is 1. The molecule has 1 atom stereocenters. The Morgan fingerprint density at radius 2 is 2.00 bits per heavy atom. The molecule has 3 N–H and O–H groups in total.